The third-order valence-electron chi connectivity index (χ3n) is 12.1. The Kier molecular flexibility index (Phi) is 15.1. The molecular weight excluding hydrogens is 765 g/mol. The van der Waals surface area contributed by atoms with Gasteiger partial charge < -0.3 is 20.9 Å². The average molecular weight is 829 g/mol. The molecule has 16 heteroatoms. The molecule has 5 rings (SSSR count). The minimum Gasteiger partial charge on any atom is -0.334 e. The second kappa shape index (κ2) is 18.8. The van der Waals surface area contributed by atoms with Crippen molar-refractivity contribution in [3.63, 3.8) is 0 Å². The number of fused-ring (bicyclic) bond motifs is 1. The molecule has 2 aliphatic carbocycles. The van der Waals surface area contributed by atoms with E-state index >= 15 is 0 Å². The summed E-state index contributed by atoms with van der Waals surface area (Å²) < 4.78 is 27.9. The van der Waals surface area contributed by atoms with Crippen molar-refractivity contribution in [2.75, 3.05) is 26.7 Å². The van der Waals surface area contributed by atoms with Gasteiger partial charge in [-0.1, -0.05) is 97.2 Å². The first-order valence-corrected chi connectivity index (χ1v) is 21.5. The number of likely N-dealkylation sites (N-methyl/N-ethyl adjacent to an activating group) is 1. The average Bonchev–Trinajstić information content (AvgIpc) is 3.46. The normalized spacial score (nSPS) is 21.9. The first-order chi connectivity index (χ1) is 26.4. The van der Waals surface area contributed by atoms with Crippen LogP contribution < -0.4 is 21.4 Å². The van der Waals surface area contributed by atoms with Gasteiger partial charge in [0, 0.05) is 38.9 Å². The first-order valence-electron chi connectivity index (χ1n) is 20.1. The minimum absolute atomic E-state index is 0. The van der Waals surface area contributed by atoms with Crippen LogP contribution in [0.3, 0.4) is 0 Å². The van der Waals surface area contributed by atoms with Crippen molar-refractivity contribution >= 4 is 47.4 Å². The fourth-order valence-corrected chi connectivity index (χ4v) is 9.56. The molecule has 6 atom stereocenters. The highest BCUT2D eigenvalue weighted by atomic mass is 32.2. The van der Waals surface area contributed by atoms with Gasteiger partial charge in [-0.3, -0.25) is 15.0 Å². The molecule has 0 unspecified atom stereocenters. The Bertz CT molecular complexity index is 1800. The Balaban J connectivity index is 0.00000720. The second-order valence-corrected chi connectivity index (χ2v) is 19.5. The van der Waals surface area contributed by atoms with Gasteiger partial charge in [0.15, 0.2) is 5.03 Å². The minimum atomic E-state index is -3.93. The molecule has 316 valence electrons. The Morgan fingerprint density at radius 1 is 0.965 bits per heavy atom. The van der Waals surface area contributed by atoms with Gasteiger partial charge in [-0.2, -0.15) is 17.8 Å². The number of likely N-dealkylation sites (tertiary alicyclic amines) is 1. The molecule has 0 bridgehead atoms. The number of sulfonamides is 1. The maximum Gasteiger partial charge on any atom is 0.336 e. The molecule has 3 aliphatic rings. The predicted molar refractivity (Wildman–Crippen MR) is 224 cm³/mol. The van der Waals surface area contributed by atoms with Crippen molar-refractivity contribution in [2.45, 2.75) is 116 Å². The van der Waals surface area contributed by atoms with Gasteiger partial charge in [-0.25, -0.2) is 28.0 Å². The zero-order valence-corrected chi connectivity index (χ0v) is 36.6. The van der Waals surface area contributed by atoms with E-state index in [1.54, 1.807) is 17.0 Å². The third-order valence-corrected chi connectivity index (χ3v) is 13.9. The summed E-state index contributed by atoms with van der Waals surface area (Å²) >= 11 is 0. The maximum absolute atomic E-state index is 14.8. The van der Waals surface area contributed by atoms with E-state index in [4.69, 9.17) is 0 Å². The second-order valence-electron chi connectivity index (χ2n) is 17.5. The van der Waals surface area contributed by atoms with Gasteiger partial charge >= 0.3 is 12.1 Å². The summed E-state index contributed by atoms with van der Waals surface area (Å²) in [6.07, 6.45) is 6.39. The maximum atomic E-state index is 14.8. The van der Waals surface area contributed by atoms with Crippen molar-refractivity contribution in [3.8, 4) is 0 Å². The molecule has 1 aromatic heterocycles. The Hall–Kier alpha value is -3.89. The molecule has 1 saturated heterocycles. The third kappa shape index (κ3) is 10.6. The van der Waals surface area contributed by atoms with Crippen LogP contribution in [-0.4, -0.2) is 96.3 Å². The van der Waals surface area contributed by atoms with Crippen molar-refractivity contribution in [2.24, 2.45) is 28.6 Å². The molecule has 0 spiro atoms. The molecule has 14 nitrogen and oxygen atoms in total. The Morgan fingerprint density at radius 2 is 1.61 bits per heavy atom. The molecule has 4 N–H and O–H groups in total. The van der Waals surface area contributed by atoms with Crippen molar-refractivity contribution < 1.29 is 27.6 Å². The molecule has 1 aliphatic heterocycles. The van der Waals surface area contributed by atoms with Crippen molar-refractivity contribution in [1.29, 1.82) is 0 Å². The molecule has 2 saturated carbocycles. The summed E-state index contributed by atoms with van der Waals surface area (Å²) in [4.78, 5) is 62.2. The van der Waals surface area contributed by atoms with Crippen LogP contribution in [0.2, 0.25) is 0 Å². The highest BCUT2D eigenvalue weighted by Crippen LogP contribution is 2.65. The fraction of sp³-hybridized carbons (Fsp3) is 0.634. The number of urea groups is 2. The van der Waals surface area contributed by atoms with E-state index in [-0.39, 0.29) is 66.7 Å². The number of piperidine rings is 1. The van der Waals surface area contributed by atoms with Crippen LogP contribution >= 0.6 is 13.5 Å². The molecule has 6 amide bonds. The number of aromatic nitrogens is 1. The van der Waals surface area contributed by atoms with E-state index in [0.717, 1.165) is 37.7 Å². The SMILES string of the molecule is CCCN(NC(=O)[C@@H]1[C@@H]2[C@H](CN1C(=O)[C@@H](NC(=O)N[C@H](CN(C)S(=O)(=O)c1ccccn1)C(C)(C)C)C1CCCCC1)C2(C)C)C(=O)N[C@@H](C)c1ccccc1.S. The lowest BCUT2D eigenvalue weighted by molar-refractivity contribution is -0.144. The summed E-state index contributed by atoms with van der Waals surface area (Å²) in [6.45, 7) is 14.4. The summed E-state index contributed by atoms with van der Waals surface area (Å²) in [5.41, 5.74) is 3.07. The number of benzene rings is 1. The molecule has 57 heavy (non-hydrogen) atoms. The lowest BCUT2D eigenvalue weighted by Gasteiger charge is -2.38. The molecule has 2 aromatic rings. The number of carbonyl (C=O) groups is 4. The number of nitrogens with zero attached hydrogens (tertiary/aromatic N) is 4. The molecule has 1 aromatic carbocycles. The fourth-order valence-electron chi connectivity index (χ4n) is 8.45. The van der Waals surface area contributed by atoms with Gasteiger partial charge in [0.1, 0.15) is 12.1 Å². The van der Waals surface area contributed by atoms with E-state index in [9.17, 15) is 27.6 Å². The summed E-state index contributed by atoms with van der Waals surface area (Å²) in [5, 5.41) is 10.2. The zero-order chi connectivity index (χ0) is 41.0. The largest absolute Gasteiger partial charge is 0.336 e. The van der Waals surface area contributed by atoms with Crippen molar-refractivity contribution in [1.82, 2.24) is 40.6 Å². The standard InChI is InChI=1S/C41H62N8O6S.H2S/c1-9-24-49(39(53)43-27(2)28-18-12-10-13-19-28)46-36(50)35-33-30(41(33,6)7)25-48(35)37(51)34(29-20-14-11-15-21-29)45-38(52)44-31(40(3,4)5)26-47(8)56(54,55)32-22-16-17-23-42-32;/h10,12-13,16-19,22-23,27,29-31,33-35H,9,11,14-15,20-21,24-26H2,1-8H3,(H,43,53)(H,46,50)(H2,44,45,52);1H2/t27-,30-,31+,33-,34-,35-;/m0./s1. The summed E-state index contributed by atoms with van der Waals surface area (Å²) in [5.74, 6) is -0.899. The highest BCUT2D eigenvalue weighted by Gasteiger charge is 2.70. The van der Waals surface area contributed by atoms with E-state index < -0.39 is 51.5 Å². The quantitative estimate of drug-likeness (QED) is 0.202. The zero-order valence-electron chi connectivity index (χ0n) is 34.7. The van der Waals surface area contributed by atoms with Crippen LogP contribution in [-0.2, 0) is 19.6 Å². The van der Waals surface area contributed by atoms with E-state index in [2.05, 4.69) is 40.2 Å². The number of hydrogen-bond acceptors (Lipinski definition) is 7. The van der Waals surface area contributed by atoms with Crippen LogP contribution in [0.5, 0.6) is 0 Å². The summed E-state index contributed by atoms with van der Waals surface area (Å²) in [6, 6.07) is 10.6. The Labute approximate surface area is 346 Å². The smallest absolute Gasteiger partial charge is 0.334 e. The van der Waals surface area contributed by atoms with E-state index in [0.29, 0.717) is 13.0 Å². The van der Waals surface area contributed by atoms with Crippen molar-refractivity contribution in [3.05, 3.63) is 60.3 Å². The molecule has 3 fully saturated rings. The lowest BCUT2D eigenvalue weighted by atomic mass is 9.83. The van der Waals surface area contributed by atoms with Gasteiger partial charge in [-0.15, -0.1) is 0 Å². The van der Waals surface area contributed by atoms with Gasteiger partial charge in [0.2, 0.25) is 5.91 Å². The summed E-state index contributed by atoms with van der Waals surface area (Å²) in [7, 11) is -2.48. The molecule has 0 radical (unpaired) electrons. The number of carbonyl (C=O) groups excluding carboxylic acids is 4. The predicted octanol–water partition coefficient (Wildman–Crippen LogP) is 5.17. The van der Waals surface area contributed by atoms with E-state index in [1.807, 2.05) is 65.0 Å². The topological polar surface area (TPSA) is 173 Å². The molecule has 2 heterocycles. The number of hydrogen-bond donors (Lipinski definition) is 4. The number of rotatable bonds is 13. The number of pyridine rings is 1. The Morgan fingerprint density at radius 3 is 2.21 bits per heavy atom. The van der Waals surface area contributed by atoms with Crippen LogP contribution in [0.25, 0.3) is 0 Å². The van der Waals surface area contributed by atoms with Gasteiger partial charge in [0.25, 0.3) is 15.9 Å². The van der Waals surface area contributed by atoms with E-state index in [1.165, 1.54) is 28.6 Å². The van der Waals surface area contributed by atoms with Crippen LogP contribution in [0, 0.1) is 28.6 Å². The van der Waals surface area contributed by atoms with Gasteiger partial charge in [0.05, 0.1) is 6.04 Å². The highest BCUT2D eigenvalue weighted by molar-refractivity contribution is 7.89. The molecular formula is C41H64N8O6S2. The first kappa shape index (κ1) is 45.8. The van der Waals surface area contributed by atoms with Crippen LogP contribution in [0.15, 0.2) is 59.8 Å². The van der Waals surface area contributed by atoms with Crippen LogP contribution in [0.4, 0.5) is 9.59 Å². The van der Waals surface area contributed by atoms with Gasteiger partial charge in [-0.05, 0) is 72.5 Å². The van der Waals surface area contributed by atoms with Crippen LogP contribution in [0.1, 0.15) is 98.6 Å². The number of amides is 6. The number of hydrazine groups is 1. The monoisotopic (exact) mass is 828 g/mol. The lowest BCUT2D eigenvalue weighted by Crippen LogP contribution is -2.62. The number of nitrogens with one attached hydrogen (secondary N) is 4.